The number of carboxylic acid groups (broad SMARTS) is 1. The molecule has 6 aliphatic heterocycles. The number of nitrogens with two attached hydrogens (primary N) is 2. The molecule has 632 valence electrons. The lowest BCUT2D eigenvalue weighted by atomic mass is 9.86. The third-order valence-corrected chi connectivity index (χ3v) is 27.2. The summed E-state index contributed by atoms with van der Waals surface area (Å²) < 4.78 is 86.7. The van der Waals surface area contributed by atoms with E-state index < -0.39 is 29.7 Å². The number of piperidine rings is 3. The Balaban J connectivity index is 0.000000151. The van der Waals surface area contributed by atoms with E-state index in [0.29, 0.717) is 77.8 Å². The SMILES string of the molecule is Cc1ccc([C@@H](N)CCN2C3CCC2CC(n2c(C)nnc2C(C)C)C3)cc1.Cc1ccc([C@H](CCN2C3CCC2CC(n2c(C)nnc2C(C)C)C3)NC(=O)C2CCC(F)(F)CC2)cc1.Cc1nnc(C(C)C)n1C1CC2CCC(C1)N2CC[C@H](NC(=O)C1CCC(F)(F)CC1)c1ccc(N)cc1.O=C(O)C1CCC(F)(F)CC1. The Kier molecular flexibility index (Phi) is 28.6. The van der Waals surface area contributed by atoms with Crippen LogP contribution in [0.5, 0.6) is 0 Å². The first-order valence-electron chi connectivity index (χ1n) is 43.4. The highest BCUT2D eigenvalue weighted by atomic mass is 19.3. The first kappa shape index (κ1) is 87.0. The normalized spacial score (nSPS) is 26.3. The summed E-state index contributed by atoms with van der Waals surface area (Å²) in [6.07, 6.45) is 16.8. The minimum absolute atomic E-state index is 0.0722. The maximum atomic E-state index is 13.7. The van der Waals surface area contributed by atoms with E-state index in [2.05, 4.69) is 194 Å². The van der Waals surface area contributed by atoms with E-state index in [4.69, 9.17) is 16.6 Å². The van der Waals surface area contributed by atoms with Crippen LogP contribution in [0.25, 0.3) is 0 Å². The molecule has 3 aliphatic carbocycles. The first-order valence-corrected chi connectivity index (χ1v) is 43.4. The van der Waals surface area contributed by atoms with Crippen LogP contribution in [-0.4, -0.2) is 156 Å². The molecule has 7 N–H and O–H groups in total. The number of nitrogen functional groups attached to an aromatic ring is 1. The maximum Gasteiger partial charge on any atom is 0.306 e. The molecule has 6 aromatic rings. The van der Waals surface area contributed by atoms with E-state index in [9.17, 15) is 40.7 Å². The van der Waals surface area contributed by atoms with Crippen molar-refractivity contribution in [3.8, 4) is 0 Å². The fourth-order valence-corrected chi connectivity index (χ4v) is 20.6. The van der Waals surface area contributed by atoms with Crippen molar-refractivity contribution in [2.24, 2.45) is 23.5 Å². The van der Waals surface area contributed by atoms with E-state index in [1.165, 1.54) is 68.1 Å². The molecule has 9 atom stereocenters. The van der Waals surface area contributed by atoms with Gasteiger partial charge in [0.05, 0.1) is 18.0 Å². The number of amides is 2. The lowest BCUT2D eigenvalue weighted by molar-refractivity contribution is -0.146. The number of nitrogens with one attached hydrogen (secondary N) is 2. The van der Waals surface area contributed by atoms with Crippen molar-refractivity contribution in [2.45, 2.75) is 358 Å². The highest BCUT2D eigenvalue weighted by Crippen LogP contribution is 2.47. The fourth-order valence-electron chi connectivity index (χ4n) is 20.6. The standard InChI is InChI=1S/C30H43F2N5O.C29H42F2N6O.C23H35N5.C7H10F2O2/c1-19(2)28-35-34-21(4)37(28)26-17-24-9-10-25(18-26)36(24)16-13-27(22-7-5-20(3)6-8-22)33-29(38)23-11-14-30(31,32)15-12-23;1-18(2)27-35-34-19(3)37(27)25-16-23-8-9-24(17-25)36(23)15-12-26(20-4-6-22(32)7-5-20)33-28(38)21-10-13-29(30,31)14-11-21;1-15(2)23-26-25-17(4)28(23)21-13-19-9-10-20(14-21)27(19)12-11-22(24)18-7-5-16(3)6-8-18;8-7(9)3-1-5(2-4-7)6(10)11/h5-8,19,23-27H,9-18H2,1-4H3,(H,33,38);4-7,18,21,23-26H,8-17,32H2,1-3H3,(H,33,38);5-8,15,19-22H,9-14,24H2,1-4H3;5H,1-4H2,(H,10,11)/t24?,25?,26?,27-;23?,24?,25?,26-;19?,20?,21?,22-;/m000./s1. The van der Waals surface area contributed by atoms with Gasteiger partial charge in [-0.15, -0.1) is 30.6 Å². The van der Waals surface area contributed by atoms with Crippen LogP contribution in [0.3, 0.4) is 0 Å². The van der Waals surface area contributed by atoms with Gasteiger partial charge in [0.2, 0.25) is 29.6 Å². The number of carbonyl (C=O) groups is 3. The Morgan fingerprint density at radius 3 is 0.957 bits per heavy atom. The molecular weight excluding hydrogens is 1470 g/mol. The minimum Gasteiger partial charge on any atom is -0.481 e. The molecule has 9 heterocycles. The highest BCUT2D eigenvalue weighted by molar-refractivity contribution is 5.80. The molecule has 0 radical (unpaired) electrons. The Morgan fingerprint density at radius 1 is 0.400 bits per heavy atom. The molecular formula is C89H130F6N16O4. The summed E-state index contributed by atoms with van der Waals surface area (Å²) in [6, 6.07) is 29.4. The van der Waals surface area contributed by atoms with Crippen LogP contribution in [0, 0.1) is 52.4 Å². The molecule has 9 fully saturated rings. The smallest absolute Gasteiger partial charge is 0.306 e. The van der Waals surface area contributed by atoms with Gasteiger partial charge in [-0.25, -0.2) is 26.3 Å². The first-order chi connectivity index (χ1) is 54.7. The Bertz CT molecular complexity index is 3920. The van der Waals surface area contributed by atoms with Crippen molar-refractivity contribution in [3.63, 3.8) is 0 Å². The van der Waals surface area contributed by atoms with Crippen LogP contribution in [-0.2, 0) is 14.4 Å². The summed E-state index contributed by atoms with van der Waals surface area (Å²) in [7, 11) is 0. The number of anilines is 1. The number of fused-ring (bicyclic) bond motifs is 6. The van der Waals surface area contributed by atoms with E-state index in [-0.39, 0.29) is 119 Å². The molecule has 20 nitrogen and oxygen atoms in total. The van der Waals surface area contributed by atoms with Gasteiger partial charge in [0, 0.05) is 154 Å². The second-order valence-electron chi connectivity index (χ2n) is 36.4. The predicted octanol–water partition coefficient (Wildman–Crippen LogP) is 18.0. The van der Waals surface area contributed by atoms with E-state index in [1.807, 2.05) is 24.3 Å². The number of hydrogen-bond donors (Lipinski definition) is 5. The second kappa shape index (κ2) is 37.8. The van der Waals surface area contributed by atoms with Gasteiger partial charge in [0.1, 0.15) is 34.9 Å². The average Bonchev–Trinajstić information content (AvgIpc) is 1.64. The second-order valence-corrected chi connectivity index (χ2v) is 36.4. The van der Waals surface area contributed by atoms with Gasteiger partial charge in [0.25, 0.3) is 0 Å². The zero-order valence-electron chi connectivity index (χ0n) is 70.0. The van der Waals surface area contributed by atoms with Crippen molar-refractivity contribution in [2.75, 3.05) is 25.4 Å². The molecule has 26 heteroatoms. The number of benzene rings is 3. The van der Waals surface area contributed by atoms with E-state index in [0.717, 1.165) is 111 Å². The third-order valence-electron chi connectivity index (χ3n) is 27.2. The molecule has 6 saturated heterocycles. The molecule has 3 saturated carbocycles. The number of aryl methyl sites for hydroxylation is 5. The molecule has 0 spiro atoms. The fraction of sp³-hybridized carbons (Fsp3) is 0.697. The summed E-state index contributed by atoms with van der Waals surface area (Å²) in [5.74, 6) is -2.72. The van der Waals surface area contributed by atoms with E-state index >= 15 is 0 Å². The number of rotatable bonds is 23. The zero-order chi connectivity index (χ0) is 82.4. The maximum absolute atomic E-state index is 13.7. The van der Waals surface area contributed by atoms with Gasteiger partial charge in [0.15, 0.2) is 0 Å². The Hall–Kier alpha value is -7.29. The monoisotopic (exact) mass is 1600 g/mol. The number of halogens is 6. The molecule has 2 amide bonds. The molecule has 6 unspecified atom stereocenters. The zero-order valence-corrected chi connectivity index (χ0v) is 70.0. The number of hydrogen-bond acceptors (Lipinski definition) is 14. The number of aliphatic carboxylic acids is 1. The van der Waals surface area contributed by atoms with Crippen LogP contribution in [0.15, 0.2) is 72.8 Å². The van der Waals surface area contributed by atoms with Crippen molar-refractivity contribution in [1.29, 1.82) is 0 Å². The average molecular weight is 1600 g/mol. The van der Waals surface area contributed by atoms with Gasteiger partial charge in [-0.2, -0.15) is 0 Å². The van der Waals surface area contributed by atoms with Crippen molar-refractivity contribution < 1.29 is 45.8 Å². The summed E-state index contributed by atoms with van der Waals surface area (Å²) in [5, 5.41) is 41.5. The molecule has 115 heavy (non-hydrogen) atoms. The summed E-state index contributed by atoms with van der Waals surface area (Å²) in [5.41, 5.74) is 18.9. The van der Waals surface area contributed by atoms with Crippen molar-refractivity contribution >= 4 is 23.5 Å². The molecule has 6 bridgehead atoms. The Morgan fingerprint density at radius 2 is 0.670 bits per heavy atom. The molecule has 9 aliphatic rings. The lowest BCUT2D eigenvalue weighted by Gasteiger charge is -2.40. The van der Waals surface area contributed by atoms with Gasteiger partial charge >= 0.3 is 5.97 Å². The largest absolute Gasteiger partial charge is 0.481 e. The lowest BCUT2D eigenvalue weighted by Crippen LogP contribution is -2.45. The minimum atomic E-state index is -2.64. The number of aromatic nitrogens is 9. The predicted molar refractivity (Wildman–Crippen MR) is 436 cm³/mol. The van der Waals surface area contributed by atoms with Crippen LogP contribution in [0.2, 0.25) is 0 Å². The van der Waals surface area contributed by atoms with Gasteiger partial charge in [-0.05, 0) is 198 Å². The quantitative estimate of drug-likeness (QED) is 0.0296. The van der Waals surface area contributed by atoms with Crippen LogP contribution in [0.4, 0.5) is 32.0 Å². The number of nitrogens with zero attached hydrogens (tertiary/aromatic N) is 12. The van der Waals surface area contributed by atoms with Gasteiger partial charge in [-0.3, -0.25) is 29.1 Å². The molecule has 3 aromatic heterocycles. The van der Waals surface area contributed by atoms with Gasteiger partial charge in [-0.1, -0.05) is 113 Å². The number of carboxylic acids is 1. The number of alkyl halides is 6. The van der Waals surface area contributed by atoms with Gasteiger partial charge < -0.3 is 40.9 Å². The van der Waals surface area contributed by atoms with E-state index in [1.54, 1.807) is 0 Å². The van der Waals surface area contributed by atoms with Crippen LogP contribution in [0.1, 0.15) is 332 Å². The summed E-state index contributed by atoms with van der Waals surface area (Å²) in [4.78, 5) is 44.7. The molecule has 3 aromatic carbocycles. The molecule has 15 rings (SSSR count). The van der Waals surface area contributed by atoms with Crippen molar-refractivity contribution in [1.82, 2.24) is 69.6 Å². The number of carbonyl (C=O) groups excluding carboxylic acids is 2. The Labute approximate surface area is 677 Å². The third kappa shape index (κ3) is 21.8. The van der Waals surface area contributed by atoms with Crippen molar-refractivity contribution in [3.05, 3.63) is 136 Å². The highest BCUT2D eigenvalue weighted by Gasteiger charge is 2.47. The van der Waals surface area contributed by atoms with Crippen LogP contribution >= 0.6 is 0 Å². The topological polar surface area (TPSA) is 249 Å². The van der Waals surface area contributed by atoms with Crippen LogP contribution < -0.4 is 22.1 Å². The summed E-state index contributed by atoms with van der Waals surface area (Å²) >= 11 is 0. The summed E-state index contributed by atoms with van der Waals surface area (Å²) in [6.45, 7) is 26.5.